The molecule has 2 rings (SSSR count). The molecule has 3 nitrogen and oxygen atoms in total. The molecule has 16 heavy (non-hydrogen) atoms. The molecule has 1 aromatic rings. The van der Waals surface area contributed by atoms with Crippen LogP contribution < -0.4 is 10.6 Å². The number of carbonyl (C=O) groups is 1. The first kappa shape index (κ1) is 11.7. The van der Waals surface area contributed by atoms with Crippen molar-refractivity contribution in [1.29, 1.82) is 0 Å². The molecule has 0 radical (unpaired) electrons. The Hall–Kier alpha value is -0.740. The third-order valence-electron chi connectivity index (χ3n) is 2.71. The Morgan fingerprint density at radius 1 is 1.56 bits per heavy atom. The predicted octanol–water partition coefficient (Wildman–Crippen LogP) is 2.62. The van der Waals surface area contributed by atoms with Crippen molar-refractivity contribution in [3.63, 3.8) is 0 Å². The summed E-state index contributed by atoms with van der Waals surface area (Å²) in [4.78, 5) is 13.5. The fourth-order valence-corrected chi connectivity index (χ4v) is 2.42. The highest BCUT2D eigenvalue weighted by molar-refractivity contribution is 9.10. The van der Waals surface area contributed by atoms with E-state index in [9.17, 15) is 4.79 Å². The lowest BCUT2D eigenvalue weighted by Crippen LogP contribution is -2.25. The molecule has 1 heterocycles. The van der Waals surface area contributed by atoms with Crippen molar-refractivity contribution in [2.75, 3.05) is 23.1 Å². The van der Waals surface area contributed by atoms with Crippen molar-refractivity contribution < 1.29 is 4.79 Å². The molecular weight excluding hydrogens is 291 g/mol. The summed E-state index contributed by atoms with van der Waals surface area (Å²) >= 11 is 9.15. The van der Waals surface area contributed by atoms with Gasteiger partial charge < -0.3 is 10.6 Å². The Balaban J connectivity index is 2.30. The minimum atomic E-state index is 0.0930. The van der Waals surface area contributed by atoms with Gasteiger partial charge in [0.15, 0.2) is 0 Å². The van der Waals surface area contributed by atoms with E-state index in [0.29, 0.717) is 24.5 Å². The van der Waals surface area contributed by atoms with Gasteiger partial charge in [-0.25, -0.2) is 0 Å². The van der Waals surface area contributed by atoms with E-state index in [2.05, 4.69) is 15.9 Å². The topological polar surface area (TPSA) is 46.3 Å². The first-order valence-corrected chi connectivity index (χ1v) is 6.36. The third-order valence-corrected chi connectivity index (χ3v) is 3.64. The highest BCUT2D eigenvalue weighted by Crippen LogP contribution is 2.32. The molecule has 5 heteroatoms. The molecule has 1 aromatic carbocycles. The quantitative estimate of drug-likeness (QED) is 0.674. The second-order valence-corrected chi connectivity index (χ2v) is 5.16. The molecule has 0 saturated carbocycles. The summed E-state index contributed by atoms with van der Waals surface area (Å²) in [7, 11) is 0. The van der Waals surface area contributed by atoms with Gasteiger partial charge in [-0.3, -0.25) is 4.79 Å². The van der Waals surface area contributed by atoms with Crippen LogP contribution in [0.5, 0.6) is 0 Å². The zero-order chi connectivity index (χ0) is 11.7. The molecule has 1 amide bonds. The molecule has 1 unspecified atom stereocenters. The minimum Gasteiger partial charge on any atom is -0.397 e. The van der Waals surface area contributed by atoms with Gasteiger partial charge in [-0.1, -0.05) is 15.9 Å². The van der Waals surface area contributed by atoms with Crippen molar-refractivity contribution in [3.8, 4) is 0 Å². The van der Waals surface area contributed by atoms with Gasteiger partial charge in [0.25, 0.3) is 0 Å². The van der Waals surface area contributed by atoms with Crippen LogP contribution in [0.4, 0.5) is 11.4 Å². The first-order chi connectivity index (χ1) is 7.61. The van der Waals surface area contributed by atoms with Crippen molar-refractivity contribution in [3.05, 3.63) is 22.7 Å². The van der Waals surface area contributed by atoms with Gasteiger partial charge in [0.2, 0.25) is 5.91 Å². The Bertz CT molecular complexity index is 424. The number of alkyl halides is 1. The fraction of sp³-hybridized carbons (Fsp3) is 0.364. The van der Waals surface area contributed by atoms with E-state index in [0.717, 1.165) is 10.2 Å². The standard InChI is InChI=1S/C11H12BrClN2O/c12-8-1-2-9(14)10(4-8)15-6-7(5-13)3-11(15)16/h1-2,4,7H,3,5-6,14H2. The zero-order valence-corrected chi connectivity index (χ0v) is 11.0. The molecule has 1 fully saturated rings. The maximum atomic E-state index is 11.8. The molecule has 0 aliphatic carbocycles. The van der Waals surface area contributed by atoms with Crippen LogP contribution in [0, 0.1) is 5.92 Å². The summed E-state index contributed by atoms with van der Waals surface area (Å²) in [5.74, 6) is 0.832. The molecule has 1 aliphatic heterocycles. The lowest BCUT2D eigenvalue weighted by Gasteiger charge is -2.18. The van der Waals surface area contributed by atoms with Gasteiger partial charge in [-0.05, 0) is 24.1 Å². The van der Waals surface area contributed by atoms with Gasteiger partial charge in [0.05, 0.1) is 11.4 Å². The number of amides is 1. The normalized spacial score (nSPS) is 20.5. The monoisotopic (exact) mass is 302 g/mol. The van der Waals surface area contributed by atoms with Crippen molar-refractivity contribution in [2.45, 2.75) is 6.42 Å². The summed E-state index contributed by atoms with van der Waals surface area (Å²) < 4.78 is 0.916. The molecular formula is C11H12BrClN2O. The smallest absolute Gasteiger partial charge is 0.227 e. The number of nitrogen functional groups attached to an aromatic ring is 1. The second-order valence-electron chi connectivity index (χ2n) is 3.93. The number of rotatable bonds is 2. The Morgan fingerprint density at radius 2 is 2.31 bits per heavy atom. The molecule has 1 saturated heterocycles. The maximum absolute atomic E-state index is 11.8. The van der Waals surface area contributed by atoms with Gasteiger partial charge in [-0.15, -0.1) is 11.6 Å². The van der Waals surface area contributed by atoms with E-state index in [4.69, 9.17) is 17.3 Å². The lowest BCUT2D eigenvalue weighted by atomic mass is 10.1. The highest BCUT2D eigenvalue weighted by atomic mass is 79.9. The number of hydrogen-bond donors (Lipinski definition) is 1. The molecule has 0 spiro atoms. The van der Waals surface area contributed by atoms with Gasteiger partial charge >= 0.3 is 0 Å². The summed E-state index contributed by atoms with van der Waals surface area (Å²) in [5, 5.41) is 0. The number of nitrogens with two attached hydrogens (primary N) is 1. The van der Waals surface area contributed by atoms with Crippen molar-refractivity contribution >= 4 is 44.8 Å². The average molecular weight is 304 g/mol. The molecule has 2 N–H and O–H groups in total. The van der Waals surface area contributed by atoms with Crippen LogP contribution in [0.3, 0.4) is 0 Å². The number of benzene rings is 1. The lowest BCUT2D eigenvalue weighted by molar-refractivity contribution is -0.117. The van der Waals surface area contributed by atoms with Crippen LogP contribution >= 0.6 is 27.5 Å². The number of hydrogen-bond acceptors (Lipinski definition) is 2. The van der Waals surface area contributed by atoms with E-state index in [1.165, 1.54) is 0 Å². The largest absolute Gasteiger partial charge is 0.397 e. The summed E-state index contributed by atoms with van der Waals surface area (Å²) in [6, 6.07) is 5.52. The molecule has 0 aromatic heterocycles. The van der Waals surface area contributed by atoms with Crippen LogP contribution in [0.15, 0.2) is 22.7 Å². The number of nitrogens with zero attached hydrogens (tertiary/aromatic N) is 1. The van der Waals surface area contributed by atoms with E-state index < -0.39 is 0 Å². The van der Waals surface area contributed by atoms with E-state index in [1.54, 1.807) is 11.0 Å². The molecule has 86 valence electrons. The fourth-order valence-electron chi connectivity index (χ4n) is 1.87. The SMILES string of the molecule is Nc1ccc(Br)cc1N1CC(CCl)CC1=O. The van der Waals surface area contributed by atoms with Crippen LogP contribution in [-0.4, -0.2) is 18.3 Å². The summed E-state index contributed by atoms with van der Waals surface area (Å²) in [6.45, 7) is 0.656. The van der Waals surface area contributed by atoms with Crippen molar-refractivity contribution in [1.82, 2.24) is 0 Å². The Kier molecular flexibility index (Phi) is 3.40. The number of anilines is 2. The van der Waals surface area contributed by atoms with Gasteiger partial charge in [-0.2, -0.15) is 0 Å². The van der Waals surface area contributed by atoms with Gasteiger partial charge in [0, 0.05) is 23.3 Å². The molecule has 1 atom stereocenters. The molecule has 1 aliphatic rings. The Labute approximate surface area is 108 Å². The van der Waals surface area contributed by atoms with Crippen LogP contribution in [-0.2, 0) is 4.79 Å². The van der Waals surface area contributed by atoms with Crippen molar-refractivity contribution in [2.24, 2.45) is 5.92 Å². The predicted molar refractivity (Wildman–Crippen MR) is 69.7 cm³/mol. The summed E-state index contributed by atoms with van der Waals surface area (Å²) in [6.07, 6.45) is 0.509. The van der Waals surface area contributed by atoms with E-state index in [-0.39, 0.29) is 11.8 Å². The first-order valence-electron chi connectivity index (χ1n) is 5.03. The average Bonchev–Trinajstić information content (AvgIpc) is 2.63. The van der Waals surface area contributed by atoms with E-state index >= 15 is 0 Å². The second kappa shape index (κ2) is 4.63. The Morgan fingerprint density at radius 3 is 2.94 bits per heavy atom. The van der Waals surface area contributed by atoms with Crippen LogP contribution in [0.1, 0.15) is 6.42 Å². The minimum absolute atomic E-state index is 0.0930. The molecule has 0 bridgehead atoms. The van der Waals surface area contributed by atoms with E-state index in [1.807, 2.05) is 12.1 Å². The van der Waals surface area contributed by atoms with Gasteiger partial charge in [0.1, 0.15) is 0 Å². The number of halogens is 2. The zero-order valence-electron chi connectivity index (χ0n) is 8.62. The van der Waals surface area contributed by atoms with Crippen LogP contribution in [0.25, 0.3) is 0 Å². The third kappa shape index (κ3) is 2.18. The number of carbonyl (C=O) groups excluding carboxylic acids is 1. The van der Waals surface area contributed by atoms with Crippen LogP contribution in [0.2, 0.25) is 0 Å². The highest BCUT2D eigenvalue weighted by Gasteiger charge is 2.30. The maximum Gasteiger partial charge on any atom is 0.227 e. The summed E-state index contributed by atoms with van der Waals surface area (Å²) in [5.41, 5.74) is 7.26.